The zero-order chi connectivity index (χ0) is 37.9. The Hall–Kier alpha value is -4.31. The number of carbonyl (C=O) groups is 4. The number of fused-ring (bicyclic) bond motifs is 1. The molecule has 1 atom stereocenters. The molecule has 6 rings (SSSR count). The summed E-state index contributed by atoms with van der Waals surface area (Å²) in [6.07, 6.45) is -3.16. The first-order valence-corrected chi connectivity index (χ1v) is 18.5. The first-order valence-electron chi connectivity index (χ1n) is 18.5. The smallest absolute Gasteiger partial charge is 0.451 e. The Bertz CT molecular complexity index is 1650. The van der Waals surface area contributed by atoms with Crippen LogP contribution in [0.5, 0.6) is 5.75 Å². The molecule has 4 aliphatic rings. The van der Waals surface area contributed by atoms with Gasteiger partial charge < -0.3 is 29.9 Å². The molecular weight excluding hydrogens is 692 g/mol. The number of Topliss-reactive ketones (excluding diaryl/α,β-unsaturated/α-hetero) is 1. The normalized spacial score (nSPS) is 20.4. The van der Waals surface area contributed by atoms with Crippen LogP contribution in [-0.4, -0.2) is 151 Å². The quantitative estimate of drug-likeness (QED) is 0.396. The number of hydrogen-bond acceptors (Lipinski definition) is 8. The van der Waals surface area contributed by atoms with Gasteiger partial charge in [0.1, 0.15) is 13.6 Å². The Kier molecular flexibility index (Phi) is 11.9. The van der Waals surface area contributed by atoms with Gasteiger partial charge in [-0.05, 0) is 67.2 Å². The molecule has 16 heteroatoms. The second-order valence-corrected chi connectivity index (χ2v) is 14.7. The van der Waals surface area contributed by atoms with E-state index in [0.29, 0.717) is 95.6 Å². The van der Waals surface area contributed by atoms with E-state index in [0.717, 1.165) is 23.2 Å². The minimum atomic E-state index is -4.83. The first kappa shape index (κ1) is 38.4. The average molecular weight is 741 g/mol. The van der Waals surface area contributed by atoms with Crippen molar-refractivity contribution >= 4 is 42.8 Å². The van der Waals surface area contributed by atoms with E-state index < -0.39 is 30.7 Å². The van der Waals surface area contributed by atoms with Crippen LogP contribution in [0.15, 0.2) is 36.4 Å². The number of likely N-dealkylation sites (tertiary alicyclic amines) is 2. The molecule has 2 N–H and O–H groups in total. The van der Waals surface area contributed by atoms with Crippen molar-refractivity contribution in [2.24, 2.45) is 0 Å². The van der Waals surface area contributed by atoms with Crippen molar-refractivity contribution in [3.8, 4) is 5.75 Å². The number of para-hydroxylation sites is 1. The number of aryl methyl sites for hydroxylation is 1. The summed E-state index contributed by atoms with van der Waals surface area (Å²) in [6, 6.07) is 11.3. The fourth-order valence-corrected chi connectivity index (χ4v) is 8.09. The van der Waals surface area contributed by atoms with E-state index in [4.69, 9.17) is 4.74 Å². The third kappa shape index (κ3) is 9.26. The summed E-state index contributed by atoms with van der Waals surface area (Å²) in [5, 5.41) is 13.4. The number of halogens is 3. The first-order chi connectivity index (χ1) is 25.3. The molecule has 286 valence electrons. The molecule has 3 fully saturated rings. The highest BCUT2D eigenvalue weighted by Crippen LogP contribution is 2.27. The molecule has 0 unspecified atom stereocenters. The Labute approximate surface area is 308 Å². The van der Waals surface area contributed by atoms with E-state index in [1.807, 2.05) is 29.2 Å². The SMILES string of the molecule is Bc1cc(C[C@@H](OC(=O)N2CCC(N3CCc4ccccc4NC3=O)CC2)C(=O)N2CCC(N3CCN(CC(=O)C(F)(F)F)CC3)CC2)cc(C)c1O. The van der Waals surface area contributed by atoms with E-state index in [1.54, 1.807) is 36.7 Å². The highest BCUT2D eigenvalue weighted by Gasteiger charge is 2.40. The standard InChI is InChI=1S/C37H48BF3N6O6/c1-24-20-25(21-29(38)33(24)49)22-31(34(50)45-11-7-27(8-12-45)44-18-16-43(17-19-44)23-32(48)37(39,40)41)53-36(52)46-13-9-28(10-14-46)47-15-6-26-4-2-3-5-30(26)42-35(47)51/h2-5,20-21,27-28,31,49H,6-19,22-23,38H2,1H3,(H,42,51)/t31-/m1/s1. The number of ether oxygens (including phenoxy) is 1. The number of ketones is 1. The zero-order valence-electron chi connectivity index (χ0n) is 30.4. The number of piperazine rings is 1. The fraction of sp³-hybridized carbons (Fsp3) is 0.568. The molecule has 3 saturated heterocycles. The summed E-state index contributed by atoms with van der Waals surface area (Å²) in [6.45, 7) is 5.15. The summed E-state index contributed by atoms with van der Waals surface area (Å²) >= 11 is 0. The molecule has 0 spiro atoms. The van der Waals surface area contributed by atoms with E-state index in [-0.39, 0.29) is 36.2 Å². The molecule has 2 aromatic rings. The Morgan fingerprint density at radius 2 is 1.57 bits per heavy atom. The van der Waals surface area contributed by atoms with Gasteiger partial charge in [-0.1, -0.05) is 30.3 Å². The lowest BCUT2D eigenvalue weighted by molar-refractivity contribution is -0.172. The molecule has 0 aromatic heterocycles. The van der Waals surface area contributed by atoms with Crippen LogP contribution >= 0.6 is 0 Å². The summed E-state index contributed by atoms with van der Waals surface area (Å²) in [7, 11) is 1.78. The number of nitrogens with zero attached hydrogens (tertiary/aromatic N) is 5. The van der Waals surface area contributed by atoms with E-state index in [1.165, 1.54) is 4.90 Å². The largest absolute Gasteiger partial charge is 0.508 e. The average Bonchev–Trinajstić information content (AvgIpc) is 3.31. The summed E-state index contributed by atoms with van der Waals surface area (Å²) in [4.78, 5) is 61.2. The predicted octanol–water partition coefficient (Wildman–Crippen LogP) is 2.30. The number of phenolic OH excluding ortho intramolecular Hbond substituents is 1. The molecule has 4 aliphatic heterocycles. The number of aromatic hydroxyl groups is 1. The zero-order valence-corrected chi connectivity index (χ0v) is 30.4. The van der Waals surface area contributed by atoms with Crippen molar-refractivity contribution in [3.63, 3.8) is 0 Å². The minimum absolute atomic E-state index is 0.0413. The van der Waals surface area contributed by atoms with Crippen molar-refractivity contribution in [1.29, 1.82) is 0 Å². The van der Waals surface area contributed by atoms with Crippen molar-refractivity contribution in [1.82, 2.24) is 24.5 Å². The number of benzene rings is 2. The second-order valence-electron chi connectivity index (χ2n) is 14.7. The molecule has 53 heavy (non-hydrogen) atoms. The van der Waals surface area contributed by atoms with Gasteiger partial charge in [-0.2, -0.15) is 13.2 Å². The van der Waals surface area contributed by atoms with Gasteiger partial charge in [-0.3, -0.25) is 19.4 Å². The Balaban J connectivity index is 1.05. The minimum Gasteiger partial charge on any atom is -0.508 e. The number of piperidine rings is 2. The van der Waals surface area contributed by atoms with Gasteiger partial charge in [0.05, 0.1) is 6.54 Å². The molecule has 0 aliphatic carbocycles. The maximum atomic E-state index is 14.1. The van der Waals surface area contributed by atoms with Crippen molar-refractivity contribution in [3.05, 3.63) is 53.1 Å². The molecule has 0 radical (unpaired) electrons. The molecule has 4 amide bonds. The van der Waals surface area contributed by atoms with E-state index in [2.05, 4.69) is 10.2 Å². The number of phenols is 1. The van der Waals surface area contributed by atoms with Gasteiger partial charge in [0.2, 0.25) is 5.78 Å². The van der Waals surface area contributed by atoms with E-state index >= 15 is 0 Å². The lowest BCUT2D eigenvalue weighted by atomic mass is 9.89. The maximum absolute atomic E-state index is 14.1. The third-order valence-corrected chi connectivity index (χ3v) is 11.2. The summed E-state index contributed by atoms with van der Waals surface area (Å²) in [5.41, 5.74) is 3.98. The number of alkyl halides is 3. The fourth-order valence-electron chi connectivity index (χ4n) is 8.09. The van der Waals surface area contributed by atoms with E-state index in [9.17, 15) is 37.5 Å². The van der Waals surface area contributed by atoms with Crippen LogP contribution in [0.3, 0.4) is 0 Å². The van der Waals surface area contributed by atoms with Crippen LogP contribution in [0.4, 0.5) is 28.4 Å². The van der Waals surface area contributed by atoms with Crippen LogP contribution in [-0.2, 0) is 27.2 Å². The molecule has 2 aromatic carbocycles. The molecule has 12 nitrogen and oxygen atoms in total. The van der Waals surface area contributed by atoms with Crippen molar-refractivity contribution in [2.75, 3.05) is 70.8 Å². The number of nitrogens with one attached hydrogen (secondary N) is 1. The lowest BCUT2D eigenvalue weighted by Gasteiger charge is -2.43. The summed E-state index contributed by atoms with van der Waals surface area (Å²) < 4.78 is 44.2. The number of amides is 4. The highest BCUT2D eigenvalue weighted by molar-refractivity contribution is 6.34. The van der Waals surface area contributed by atoms with Crippen LogP contribution in [0.1, 0.15) is 42.4 Å². The number of anilines is 1. The van der Waals surface area contributed by atoms with Crippen LogP contribution in [0.25, 0.3) is 0 Å². The molecule has 0 saturated carbocycles. The van der Waals surface area contributed by atoms with Gasteiger partial charge >= 0.3 is 18.3 Å². The van der Waals surface area contributed by atoms with Crippen LogP contribution < -0.4 is 10.8 Å². The molecule has 0 bridgehead atoms. The monoisotopic (exact) mass is 740 g/mol. The molecular formula is C37H48BF3N6O6. The summed E-state index contributed by atoms with van der Waals surface area (Å²) in [5.74, 6) is -1.86. The lowest BCUT2D eigenvalue weighted by Crippen LogP contribution is -2.56. The highest BCUT2D eigenvalue weighted by atomic mass is 19.4. The van der Waals surface area contributed by atoms with Crippen molar-refractivity contribution in [2.45, 2.75) is 69.8 Å². The Morgan fingerprint density at radius 1 is 0.925 bits per heavy atom. The van der Waals surface area contributed by atoms with Gasteiger partial charge in [-0.15, -0.1) is 0 Å². The van der Waals surface area contributed by atoms with Crippen LogP contribution in [0, 0.1) is 6.92 Å². The number of rotatable bonds is 8. The van der Waals surface area contributed by atoms with Gasteiger partial charge in [0.25, 0.3) is 5.91 Å². The number of urea groups is 1. The number of carbonyl (C=O) groups excluding carboxylic acids is 4. The molecule has 4 heterocycles. The number of hydrogen-bond donors (Lipinski definition) is 2. The predicted molar refractivity (Wildman–Crippen MR) is 194 cm³/mol. The van der Waals surface area contributed by atoms with Gasteiger partial charge in [0, 0.05) is 83.1 Å². The van der Waals surface area contributed by atoms with Gasteiger partial charge in [0.15, 0.2) is 6.10 Å². The second kappa shape index (κ2) is 16.4. The van der Waals surface area contributed by atoms with Crippen molar-refractivity contribution < 1.29 is 42.2 Å². The maximum Gasteiger partial charge on any atom is 0.451 e. The third-order valence-electron chi connectivity index (χ3n) is 11.2. The van der Waals surface area contributed by atoms with Gasteiger partial charge in [-0.25, -0.2) is 9.59 Å². The Morgan fingerprint density at radius 3 is 2.23 bits per heavy atom. The van der Waals surface area contributed by atoms with Crippen LogP contribution in [0.2, 0.25) is 0 Å². The topological polar surface area (TPSA) is 126 Å².